The molecule has 0 unspecified atom stereocenters. The number of aliphatic hydroxyl groups excluding tert-OH is 1. The van der Waals surface area contributed by atoms with E-state index >= 15 is 0 Å². The average Bonchev–Trinajstić information content (AvgIpc) is 2.18. The molecule has 0 radical (unpaired) electrons. The van der Waals surface area contributed by atoms with Gasteiger partial charge in [0.1, 0.15) is 0 Å². The summed E-state index contributed by atoms with van der Waals surface area (Å²) < 4.78 is 0. The molecule has 0 heterocycles. The van der Waals surface area contributed by atoms with Gasteiger partial charge in [-0.3, -0.25) is 0 Å². The fourth-order valence-electron chi connectivity index (χ4n) is 2.30. The van der Waals surface area contributed by atoms with E-state index in [4.69, 9.17) is 0 Å². The Morgan fingerprint density at radius 1 is 1.45 bits per heavy atom. The van der Waals surface area contributed by atoms with Crippen LogP contribution in [0.3, 0.4) is 0 Å². The number of rotatable bonds is 0. The Morgan fingerprint density at radius 3 is 2.82 bits per heavy atom. The van der Waals surface area contributed by atoms with Crippen LogP contribution >= 0.6 is 0 Å². The van der Waals surface area contributed by atoms with Crippen LogP contribution in [0, 0.1) is 11.8 Å². The van der Waals surface area contributed by atoms with Crippen LogP contribution in [0.4, 0.5) is 0 Å². The van der Waals surface area contributed by atoms with Crippen LogP contribution in [0.15, 0.2) is 12.2 Å². The highest BCUT2D eigenvalue weighted by molar-refractivity contribution is 5.16. The first-order valence-electron chi connectivity index (χ1n) is 4.21. The number of hydrogen-bond acceptors (Lipinski definition) is 2. The fraction of sp³-hybridized carbons (Fsp3) is 0.778. The van der Waals surface area contributed by atoms with Crippen LogP contribution < -0.4 is 0 Å². The molecule has 2 bridgehead atoms. The number of fused-ring (bicyclic) bond motifs is 2. The molecule has 62 valence electrons. The van der Waals surface area contributed by atoms with Crippen LogP contribution in [0.2, 0.25) is 0 Å². The highest BCUT2D eigenvalue weighted by Crippen LogP contribution is 2.43. The smallest absolute Gasteiger partial charge is 0.0852 e. The molecule has 2 rings (SSSR count). The van der Waals surface area contributed by atoms with Crippen LogP contribution in [0.1, 0.15) is 19.8 Å². The van der Waals surface area contributed by atoms with E-state index in [9.17, 15) is 10.2 Å². The molecule has 0 spiro atoms. The second-order valence-electron chi connectivity index (χ2n) is 3.92. The standard InChI is InChI=1S/C9H14O2/c1-9(11)5-4-6-2-3-7(9)8(6)10/h4-8,10-11H,2-3H2,1H3/t6-,7+,8+,9-/m0/s1. The molecule has 2 N–H and O–H groups in total. The minimum Gasteiger partial charge on any atom is -0.392 e. The quantitative estimate of drug-likeness (QED) is 0.504. The molecule has 2 nitrogen and oxygen atoms in total. The zero-order chi connectivity index (χ0) is 8.06. The van der Waals surface area contributed by atoms with Crippen LogP contribution in [0.5, 0.6) is 0 Å². The topological polar surface area (TPSA) is 40.5 Å². The largest absolute Gasteiger partial charge is 0.392 e. The van der Waals surface area contributed by atoms with E-state index < -0.39 is 5.60 Å². The van der Waals surface area contributed by atoms with Gasteiger partial charge in [-0.05, 0) is 19.8 Å². The van der Waals surface area contributed by atoms with Crippen molar-refractivity contribution in [2.75, 3.05) is 0 Å². The van der Waals surface area contributed by atoms with Gasteiger partial charge in [-0.15, -0.1) is 0 Å². The molecular formula is C9H14O2. The SMILES string of the molecule is C[C@]1(O)C=C[C@@H]2CC[C@@H]1[C@@H]2O. The van der Waals surface area contributed by atoms with E-state index in [0.717, 1.165) is 12.8 Å². The molecule has 2 aliphatic rings. The molecule has 0 aliphatic heterocycles. The average molecular weight is 154 g/mol. The summed E-state index contributed by atoms with van der Waals surface area (Å²) in [5, 5.41) is 19.4. The molecule has 0 amide bonds. The fourth-order valence-corrected chi connectivity index (χ4v) is 2.30. The van der Waals surface area contributed by atoms with Crippen LogP contribution in [0.25, 0.3) is 0 Å². The Kier molecular flexibility index (Phi) is 1.38. The van der Waals surface area contributed by atoms with E-state index in [-0.39, 0.29) is 12.0 Å². The highest BCUT2D eigenvalue weighted by atomic mass is 16.3. The lowest BCUT2D eigenvalue weighted by atomic mass is 9.80. The maximum Gasteiger partial charge on any atom is 0.0852 e. The molecule has 0 aromatic rings. The van der Waals surface area contributed by atoms with Crippen LogP contribution in [-0.2, 0) is 0 Å². The van der Waals surface area contributed by atoms with Crippen molar-refractivity contribution in [3.8, 4) is 0 Å². The summed E-state index contributed by atoms with van der Waals surface area (Å²) in [6.45, 7) is 1.78. The molecule has 1 fully saturated rings. The molecule has 0 aromatic carbocycles. The van der Waals surface area contributed by atoms with Crippen molar-refractivity contribution in [2.24, 2.45) is 11.8 Å². The summed E-state index contributed by atoms with van der Waals surface area (Å²) in [7, 11) is 0. The van der Waals surface area contributed by atoms with Crippen molar-refractivity contribution in [1.29, 1.82) is 0 Å². The van der Waals surface area contributed by atoms with Crippen LogP contribution in [-0.4, -0.2) is 21.9 Å². The second kappa shape index (κ2) is 2.08. The van der Waals surface area contributed by atoms with Crippen molar-refractivity contribution < 1.29 is 10.2 Å². The van der Waals surface area contributed by atoms with Gasteiger partial charge in [0.15, 0.2) is 0 Å². The Balaban J connectivity index is 2.33. The lowest BCUT2D eigenvalue weighted by Gasteiger charge is -2.33. The maximum absolute atomic E-state index is 9.78. The lowest BCUT2D eigenvalue weighted by molar-refractivity contribution is -0.0266. The summed E-state index contributed by atoms with van der Waals surface area (Å²) in [6.07, 6.45) is 5.45. The van der Waals surface area contributed by atoms with Gasteiger partial charge < -0.3 is 10.2 Å². The molecule has 0 aromatic heterocycles. The Hall–Kier alpha value is -0.340. The molecule has 11 heavy (non-hydrogen) atoms. The minimum atomic E-state index is -0.771. The van der Waals surface area contributed by atoms with E-state index in [1.807, 2.05) is 12.2 Å². The van der Waals surface area contributed by atoms with Crippen molar-refractivity contribution in [3.05, 3.63) is 12.2 Å². The van der Waals surface area contributed by atoms with Gasteiger partial charge in [0.25, 0.3) is 0 Å². The maximum atomic E-state index is 9.78. The number of hydrogen-bond donors (Lipinski definition) is 2. The summed E-state index contributed by atoms with van der Waals surface area (Å²) >= 11 is 0. The van der Waals surface area contributed by atoms with Gasteiger partial charge >= 0.3 is 0 Å². The van der Waals surface area contributed by atoms with Gasteiger partial charge in [-0.25, -0.2) is 0 Å². The zero-order valence-electron chi connectivity index (χ0n) is 6.70. The van der Waals surface area contributed by atoms with Crippen molar-refractivity contribution in [2.45, 2.75) is 31.5 Å². The lowest BCUT2D eigenvalue weighted by Crippen LogP contribution is -2.41. The summed E-state index contributed by atoms with van der Waals surface area (Å²) in [5.74, 6) is 0.373. The second-order valence-corrected chi connectivity index (χ2v) is 3.92. The first-order valence-corrected chi connectivity index (χ1v) is 4.21. The molecule has 2 aliphatic carbocycles. The third-order valence-corrected chi connectivity index (χ3v) is 3.09. The van der Waals surface area contributed by atoms with Gasteiger partial charge in [-0.2, -0.15) is 0 Å². The zero-order valence-corrected chi connectivity index (χ0v) is 6.70. The monoisotopic (exact) mass is 154 g/mol. The number of aliphatic hydroxyl groups is 2. The molecular weight excluding hydrogens is 140 g/mol. The summed E-state index contributed by atoms with van der Waals surface area (Å²) in [5.41, 5.74) is -0.771. The molecule has 0 saturated heterocycles. The van der Waals surface area contributed by atoms with Gasteiger partial charge in [0.2, 0.25) is 0 Å². The van der Waals surface area contributed by atoms with Crippen molar-refractivity contribution in [1.82, 2.24) is 0 Å². The summed E-state index contributed by atoms with van der Waals surface area (Å²) in [4.78, 5) is 0. The summed E-state index contributed by atoms with van der Waals surface area (Å²) in [6, 6.07) is 0. The molecule has 1 saturated carbocycles. The minimum absolute atomic E-state index is 0.0671. The van der Waals surface area contributed by atoms with Gasteiger partial charge in [-0.1, -0.05) is 12.2 Å². The van der Waals surface area contributed by atoms with E-state index in [2.05, 4.69) is 0 Å². The van der Waals surface area contributed by atoms with Gasteiger partial charge in [0, 0.05) is 11.8 Å². The Labute approximate surface area is 66.5 Å². The van der Waals surface area contributed by atoms with E-state index in [1.165, 1.54) is 0 Å². The first kappa shape index (κ1) is 7.32. The van der Waals surface area contributed by atoms with Gasteiger partial charge in [0.05, 0.1) is 11.7 Å². The molecule has 2 heteroatoms. The first-order chi connectivity index (χ1) is 5.11. The highest BCUT2D eigenvalue weighted by Gasteiger charge is 2.45. The normalized spacial score (nSPS) is 55.0. The van der Waals surface area contributed by atoms with Crippen molar-refractivity contribution in [3.63, 3.8) is 0 Å². The predicted molar refractivity (Wildman–Crippen MR) is 42.0 cm³/mol. The Morgan fingerprint density at radius 2 is 2.18 bits per heavy atom. The third kappa shape index (κ3) is 0.932. The predicted octanol–water partition coefficient (Wildman–Crippen LogP) is 0.694. The molecule has 4 atom stereocenters. The third-order valence-electron chi connectivity index (χ3n) is 3.09. The van der Waals surface area contributed by atoms with Crippen molar-refractivity contribution >= 4 is 0 Å². The van der Waals surface area contributed by atoms with E-state index in [0.29, 0.717) is 5.92 Å². The Bertz CT molecular complexity index is 196. The van der Waals surface area contributed by atoms with E-state index in [1.54, 1.807) is 6.92 Å².